The molecule has 1 heterocycles. The second-order valence-electron chi connectivity index (χ2n) is 9.28. The Balaban J connectivity index is 1.76. The number of hydrogen-bond donors (Lipinski definition) is 1. The lowest BCUT2D eigenvalue weighted by molar-refractivity contribution is 0.212. The molecule has 2 atom stereocenters. The number of anilines is 1. The summed E-state index contributed by atoms with van der Waals surface area (Å²) < 4.78 is 0. The lowest BCUT2D eigenvalue weighted by Crippen LogP contribution is -2.44. The number of para-hydroxylation sites is 1. The van der Waals surface area contributed by atoms with Crippen molar-refractivity contribution < 1.29 is 0 Å². The van der Waals surface area contributed by atoms with Crippen LogP contribution in [0.15, 0.2) is 83.9 Å². The molecule has 0 aromatic heterocycles. The Morgan fingerprint density at radius 3 is 2.09 bits per heavy atom. The molecule has 0 fully saturated rings. The van der Waals surface area contributed by atoms with Crippen LogP contribution in [0.2, 0.25) is 0 Å². The maximum Gasteiger partial charge on any atom is 0.183 e. The van der Waals surface area contributed by atoms with Crippen molar-refractivity contribution in [3.63, 3.8) is 0 Å². The van der Waals surface area contributed by atoms with Gasteiger partial charge in [-0.25, -0.2) is 4.99 Å². The lowest BCUT2D eigenvalue weighted by atomic mass is 9.81. The predicted octanol–water partition coefficient (Wildman–Crippen LogP) is 6.33. The number of rotatable bonds is 7. The molecule has 0 bridgehead atoms. The number of benzene rings is 3. The summed E-state index contributed by atoms with van der Waals surface area (Å²) in [6, 6.07) is 27.6. The summed E-state index contributed by atoms with van der Waals surface area (Å²) in [5.41, 5.74) is 6.58. The first-order chi connectivity index (χ1) is 15.4. The highest BCUT2D eigenvalue weighted by atomic mass is 15.1. The van der Waals surface area contributed by atoms with Crippen molar-refractivity contribution >= 4 is 25.1 Å². The van der Waals surface area contributed by atoms with E-state index in [2.05, 4.69) is 99.7 Å². The van der Waals surface area contributed by atoms with Crippen LogP contribution in [0.25, 0.3) is 0 Å². The molecule has 0 amide bonds. The molecule has 3 aromatic carbocycles. The molecule has 2 radical (unpaired) electrons. The Kier molecular flexibility index (Phi) is 6.52. The summed E-state index contributed by atoms with van der Waals surface area (Å²) >= 11 is 0. The zero-order valence-corrected chi connectivity index (χ0v) is 19.5. The van der Waals surface area contributed by atoms with Crippen LogP contribution in [0.5, 0.6) is 0 Å². The minimum Gasteiger partial charge on any atom is -0.380 e. The fraction of sp³-hybridized carbons (Fsp3) is 0.321. The van der Waals surface area contributed by atoms with Gasteiger partial charge in [-0.05, 0) is 45.4 Å². The van der Waals surface area contributed by atoms with E-state index in [-0.39, 0.29) is 5.54 Å². The van der Waals surface area contributed by atoms with Crippen LogP contribution in [0.1, 0.15) is 56.7 Å². The van der Waals surface area contributed by atoms with Gasteiger partial charge in [0, 0.05) is 28.6 Å². The Labute approximate surface area is 194 Å². The molecule has 0 saturated carbocycles. The molecule has 4 rings (SSSR count). The molecule has 1 N–H and O–H groups in total. The second-order valence-corrected chi connectivity index (χ2v) is 9.28. The molecule has 32 heavy (non-hydrogen) atoms. The van der Waals surface area contributed by atoms with E-state index in [1.54, 1.807) is 0 Å². The number of fused-ring (bicyclic) bond motifs is 1. The van der Waals surface area contributed by atoms with Crippen LogP contribution in [0, 0.1) is 0 Å². The van der Waals surface area contributed by atoms with Gasteiger partial charge in [0.15, 0.2) is 7.98 Å². The third-order valence-electron chi connectivity index (χ3n) is 6.61. The van der Waals surface area contributed by atoms with Gasteiger partial charge in [-0.2, -0.15) is 0 Å². The van der Waals surface area contributed by atoms with Crippen molar-refractivity contribution in [2.24, 2.45) is 4.99 Å². The molecule has 0 unspecified atom stereocenters. The van der Waals surface area contributed by atoms with Crippen LogP contribution in [0.4, 0.5) is 11.4 Å². The van der Waals surface area contributed by atoms with E-state index >= 15 is 0 Å². The van der Waals surface area contributed by atoms with Gasteiger partial charge in [0.05, 0.1) is 17.1 Å². The largest absolute Gasteiger partial charge is 0.380 e. The van der Waals surface area contributed by atoms with Gasteiger partial charge in [0.2, 0.25) is 0 Å². The average molecular weight is 421 g/mol. The van der Waals surface area contributed by atoms with Gasteiger partial charge in [-0.3, -0.25) is 0 Å². The van der Waals surface area contributed by atoms with Crippen LogP contribution >= 0.6 is 0 Å². The highest BCUT2D eigenvalue weighted by molar-refractivity contribution is 6.14. The van der Waals surface area contributed by atoms with Gasteiger partial charge < -0.3 is 10.1 Å². The standard InChI is InChI=1S/C28H32BN3/c1-5-32(29)28(3,4)19-24-20(2)30-27-23(24)17-12-18-25(27)31-26(21-13-8-6-9-14-21)22-15-10-7-11-16-22/h6-18,20,24,30H,5,19H2,1-4H3/t20-,24+/m0/s1. The third-order valence-corrected chi connectivity index (χ3v) is 6.61. The Morgan fingerprint density at radius 1 is 0.938 bits per heavy atom. The fourth-order valence-corrected chi connectivity index (χ4v) is 4.69. The van der Waals surface area contributed by atoms with Crippen molar-refractivity contribution in [1.82, 2.24) is 4.81 Å². The summed E-state index contributed by atoms with van der Waals surface area (Å²) in [4.78, 5) is 7.15. The van der Waals surface area contributed by atoms with Gasteiger partial charge in [0.25, 0.3) is 0 Å². The summed E-state index contributed by atoms with van der Waals surface area (Å²) in [7, 11) is 6.31. The number of nitrogens with one attached hydrogen (secondary N) is 1. The summed E-state index contributed by atoms with van der Waals surface area (Å²) in [6.45, 7) is 9.65. The number of nitrogens with zero attached hydrogens (tertiary/aromatic N) is 2. The van der Waals surface area contributed by atoms with Gasteiger partial charge in [0.1, 0.15) is 0 Å². The first-order valence-corrected chi connectivity index (χ1v) is 11.5. The first kappa shape index (κ1) is 22.4. The van der Waals surface area contributed by atoms with Gasteiger partial charge >= 0.3 is 0 Å². The van der Waals surface area contributed by atoms with Crippen LogP contribution in [-0.4, -0.2) is 36.6 Å². The fourth-order valence-electron chi connectivity index (χ4n) is 4.69. The molecule has 3 nitrogen and oxygen atoms in total. The third kappa shape index (κ3) is 4.51. The Morgan fingerprint density at radius 2 is 1.53 bits per heavy atom. The van der Waals surface area contributed by atoms with E-state index in [1.807, 2.05) is 16.9 Å². The molecule has 0 saturated heterocycles. The van der Waals surface area contributed by atoms with Crippen molar-refractivity contribution in [2.45, 2.75) is 51.6 Å². The van der Waals surface area contributed by atoms with E-state index in [0.29, 0.717) is 12.0 Å². The van der Waals surface area contributed by atoms with Crippen LogP contribution in [0.3, 0.4) is 0 Å². The Hall–Kier alpha value is -2.85. The van der Waals surface area contributed by atoms with Gasteiger partial charge in [-0.15, -0.1) is 0 Å². The topological polar surface area (TPSA) is 27.6 Å². The van der Waals surface area contributed by atoms with E-state index in [0.717, 1.165) is 41.2 Å². The predicted molar refractivity (Wildman–Crippen MR) is 137 cm³/mol. The molecule has 4 heteroatoms. The Bertz CT molecular complexity index is 1030. The second kappa shape index (κ2) is 9.34. The van der Waals surface area contributed by atoms with E-state index in [4.69, 9.17) is 13.0 Å². The maximum absolute atomic E-state index is 6.31. The number of aliphatic imine (C=N–C) groups is 1. The zero-order chi connectivity index (χ0) is 22.7. The average Bonchev–Trinajstić information content (AvgIpc) is 3.13. The van der Waals surface area contributed by atoms with Crippen molar-refractivity contribution in [3.05, 3.63) is 95.6 Å². The lowest BCUT2D eigenvalue weighted by Gasteiger charge is -2.38. The molecule has 1 aliphatic rings. The van der Waals surface area contributed by atoms with E-state index in [9.17, 15) is 0 Å². The van der Waals surface area contributed by atoms with Crippen molar-refractivity contribution in [2.75, 3.05) is 11.9 Å². The van der Waals surface area contributed by atoms with Crippen LogP contribution in [-0.2, 0) is 0 Å². The quantitative estimate of drug-likeness (QED) is 0.357. The number of hydrogen-bond acceptors (Lipinski definition) is 3. The van der Waals surface area contributed by atoms with Crippen molar-refractivity contribution in [3.8, 4) is 0 Å². The van der Waals surface area contributed by atoms with E-state index < -0.39 is 0 Å². The molecule has 0 spiro atoms. The van der Waals surface area contributed by atoms with Gasteiger partial charge in [-0.1, -0.05) is 79.7 Å². The summed E-state index contributed by atoms with van der Waals surface area (Å²) in [6.07, 6.45) is 0.982. The first-order valence-electron chi connectivity index (χ1n) is 11.5. The van der Waals surface area contributed by atoms with Crippen LogP contribution < -0.4 is 5.32 Å². The van der Waals surface area contributed by atoms with E-state index in [1.165, 1.54) is 5.56 Å². The molecular weight excluding hydrogens is 389 g/mol. The molecule has 3 aromatic rings. The smallest absolute Gasteiger partial charge is 0.183 e. The minimum absolute atomic E-state index is 0.0878. The normalized spacial score (nSPS) is 17.7. The summed E-state index contributed by atoms with van der Waals surface area (Å²) in [5.74, 6) is 0.379. The SMILES string of the molecule is [B]N(CC)C(C)(C)C[C@H]1c2cccc(N=C(c3ccccc3)c3ccccc3)c2N[C@H]1C. The highest BCUT2D eigenvalue weighted by Crippen LogP contribution is 2.46. The molecule has 0 aliphatic carbocycles. The monoisotopic (exact) mass is 421 g/mol. The van der Waals surface area contributed by atoms with Crippen molar-refractivity contribution in [1.29, 1.82) is 0 Å². The summed E-state index contributed by atoms with van der Waals surface area (Å²) in [5, 5.41) is 3.74. The highest BCUT2D eigenvalue weighted by Gasteiger charge is 2.36. The molecule has 1 aliphatic heterocycles. The molecule has 162 valence electrons. The maximum atomic E-state index is 6.31. The zero-order valence-electron chi connectivity index (χ0n) is 19.5. The molecular formula is C28H32BN3. The minimum atomic E-state index is -0.0878.